The summed E-state index contributed by atoms with van der Waals surface area (Å²) in [6, 6.07) is 10.4. The summed E-state index contributed by atoms with van der Waals surface area (Å²) in [6.45, 7) is 13.8. The lowest BCUT2D eigenvalue weighted by Crippen LogP contribution is -2.44. The zero-order chi connectivity index (χ0) is 29.9. The lowest BCUT2D eigenvalue weighted by Gasteiger charge is -2.40. The Kier molecular flexibility index (Phi) is 9.91. The van der Waals surface area contributed by atoms with Gasteiger partial charge in [0.1, 0.15) is 27.8 Å². The van der Waals surface area contributed by atoms with Crippen LogP contribution in [0.3, 0.4) is 0 Å². The number of aliphatic hydroxyl groups is 1. The quantitative estimate of drug-likeness (QED) is 0.255. The average molecular weight is 592 g/mol. The average Bonchev–Trinajstić information content (AvgIpc) is 2.85. The van der Waals surface area contributed by atoms with Gasteiger partial charge in [0.2, 0.25) is 0 Å². The summed E-state index contributed by atoms with van der Waals surface area (Å²) < 4.78 is 38.6. The Hall–Kier alpha value is -2.69. The first kappa shape index (κ1) is 31.8. The molecule has 3 rings (SSSR count). The molecule has 0 spiro atoms. The van der Waals surface area contributed by atoms with Crippen LogP contribution in [-0.2, 0) is 31.7 Å². The number of aryl methyl sites for hydroxylation is 2. The largest absolute Gasteiger partial charge is 0.511 e. The Balaban J connectivity index is 1.92. The van der Waals surface area contributed by atoms with Gasteiger partial charge in [-0.25, -0.2) is 4.79 Å². The molecule has 1 aliphatic rings. The summed E-state index contributed by atoms with van der Waals surface area (Å²) in [5, 5.41) is 20.8. The van der Waals surface area contributed by atoms with Crippen LogP contribution in [0.1, 0.15) is 77.5 Å². The number of benzene rings is 2. The van der Waals surface area contributed by atoms with Crippen molar-refractivity contribution in [2.24, 2.45) is 5.92 Å². The van der Waals surface area contributed by atoms with Crippen LogP contribution >= 0.6 is 11.8 Å². The number of phenols is 1. The highest BCUT2D eigenvalue weighted by Crippen LogP contribution is 2.46. The SMILES string of the molecule is CCCNS(=O)(=O)Oc1cc(C(C)(C)C)c(SC2=C(O)CC(CCc3ccc(O)cc3)(C(C)C)OC2=O)cc1C. The Morgan fingerprint density at radius 1 is 1.15 bits per heavy atom. The van der Waals surface area contributed by atoms with E-state index in [2.05, 4.69) is 4.72 Å². The van der Waals surface area contributed by atoms with Crippen molar-refractivity contribution in [3.8, 4) is 11.5 Å². The van der Waals surface area contributed by atoms with E-state index in [1.807, 2.05) is 53.7 Å². The Labute approximate surface area is 242 Å². The first-order valence-electron chi connectivity index (χ1n) is 13.5. The van der Waals surface area contributed by atoms with Crippen molar-refractivity contribution in [2.45, 2.75) is 90.1 Å². The number of esters is 1. The predicted octanol–water partition coefficient (Wildman–Crippen LogP) is 6.46. The number of phenolic OH excluding ortho intramolecular Hbond substituents is 1. The molecule has 0 saturated heterocycles. The van der Waals surface area contributed by atoms with Crippen molar-refractivity contribution in [3.63, 3.8) is 0 Å². The first-order chi connectivity index (χ1) is 18.6. The summed E-state index contributed by atoms with van der Waals surface area (Å²) in [4.78, 5) is 14.2. The van der Waals surface area contributed by atoms with Crippen LogP contribution in [-0.4, -0.2) is 36.7 Å². The van der Waals surface area contributed by atoms with Crippen molar-refractivity contribution >= 4 is 28.0 Å². The molecule has 1 heterocycles. The van der Waals surface area contributed by atoms with E-state index in [1.54, 1.807) is 31.2 Å². The molecule has 2 aromatic rings. The zero-order valence-electron chi connectivity index (χ0n) is 24.3. The lowest BCUT2D eigenvalue weighted by molar-refractivity contribution is -0.164. The topological polar surface area (TPSA) is 122 Å². The Morgan fingerprint density at radius 2 is 1.80 bits per heavy atom. The second-order valence-corrected chi connectivity index (χ2v) is 14.0. The van der Waals surface area contributed by atoms with Gasteiger partial charge in [-0.05, 0) is 78.5 Å². The van der Waals surface area contributed by atoms with Crippen molar-refractivity contribution < 1.29 is 32.3 Å². The highest BCUT2D eigenvalue weighted by atomic mass is 32.2. The van der Waals surface area contributed by atoms with E-state index in [-0.39, 0.29) is 41.0 Å². The summed E-state index contributed by atoms with van der Waals surface area (Å²) in [6.07, 6.45) is 1.95. The number of hydrogen-bond donors (Lipinski definition) is 3. The number of hydrogen-bond acceptors (Lipinski definition) is 8. The third-order valence-corrected chi connectivity index (χ3v) is 9.18. The van der Waals surface area contributed by atoms with Crippen molar-refractivity contribution in [1.29, 1.82) is 0 Å². The minimum Gasteiger partial charge on any atom is -0.511 e. The maximum absolute atomic E-state index is 13.4. The molecular formula is C30H41NO7S2. The molecule has 10 heteroatoms. The van der Waals surface area contributed by atoms with Crippen LogP contribution in [0, 0.1) is 12.8 Å². The molecular weight excluding hydrogens is 550 g/mol. The third kappa shape index (κ3) is 7.73. The van der Waals surface area contributed by atoms with E-state index in [4.69, 9.17) is 8.92 Å². The molecule has 0 aromatic heterocycles. The number of carbonyl (C=O) groups is 1. The molecule has 2 aromatic carbocycles. The lowest BCUT2D eigenvalue weighted by atomic mass is 9.80. The second-order valence-electron chi connectivity index (χ2n) is 11.6. The number of rotatable bonds is 11. The van der Waals surface area contributed by atoms with Gasteiger partial charge in [0.25, 0.3) is 0 Å². The number of thioether (sulfide) groups is 1. The number of carbonyl (C=O) groups excluding carboxylic acids is 1. The van der Waals surface area contributed by atoms with Crippen LogP contribution in [0.25, 0.3) is 0 Å². The fourth-order valence-electron chi connectivity index (χ4n) is 4.52. The van der Waals surface area contributed by atoms with Crippen LogP contribution < -0.4 is 8.91 Å². The van der Waals surface area contributed by atoms with E-state index < -0.39 is 27.3 Å². The Morgan fingerprint density at radius 3 is 2.35 bits per heavy atom. The van der Waals surface area contributed by atoms with E-state index in [0.717, 1.165) is 22.9 Å². The van der Waals surface area contributed by atoms with Gasteiger partial charge in [-0.2, -0.15) is 13.1 Å². The highest BCUT2D eigenvalue weighted by Gasteiger charge is 2.44. The van der Waals surface area contributed by atoms with Crippen LogP contribution in [0.15, 0.2) is 52.0 Å². The summed E-state index contributed by atoms with van der Waals surface area (Å²) in [7, 11) is -3.98. The number of cyclic esters (lactones) is 1. The zero-order valence-corrected chi connectivity index (χ0v) is 26.0. The van der Waals surface area contributed by atoms with Crippen LogP contribution in [0.2, 0.25) is 0 Å². The van der Waals surface area contributed by atoms with Gasteiger partial charge in [0.15, 0.2) is 0 Å². The monoisotopic (exact) mass is 591 g/mol. The number of nitrogens with one attached hydrogen (secondary N) is 1. The maximum Gasteiger partial charge on any atom is 0.382 e. The van der Waals surface area contributed by atoms with Crippen molar-refractivity contribution in [3.05, 3.63) is 63.8 Å². The molecule has 0 amide bonds. The van der Waals surface area contributed by atoms with Gasteiger partial charge >= 0.3 is 16.3 Å². The minimum absolute atomic E-state index is 0.0233. The highest BCUT2D eigenvalue weighted by molar-refractivity contribution is 8.04. The van der Waals surface area contributed by atoms with Crippen molar-refractivity contribution in [1.82, 2.24) is 4.72 Å². The van der Waals surface area contributed by atoms with Gasteiger partial charge in [-0.15, -0.1) is 0 Å². The molecule has 1 unspecified atom stereocenters. The van der Waals surface area contributed by atoms with E-state index in [1.165, 1.54) is 0 Å². The molecule has 0 saturated carbocycles. The van der Waals surface area contributed by atoms with E-state index >= 15 is 0 Å². The second kappa shape index (κ2) is 12.4. The van der Waals surface area contributed by atoms with E-state index in [0.29, 0.717) is 29.7 Å². The summed E-state index contributed by atoms with van der Waals surface area (Å²) >= 11 is 1.12. The van der Waals surface area contributed by atoms with Crippen LogP contribution in [0.5, 0.6) is 11.5 Å². The number of aliphatic hydroxyl groups excluding tert-OH is 1. The van der Waals surface area contributed by atoms with Gasteiger partial charge in [0, 0.05) is 17.9 Å². The molecule has 220 valence electrons. The number of ether oxygens (including phenoxy) is 1. The van der Waals surface area contributed by atoms with E-state index in [9.17, 15) is 23.4 Å². The molecule has 0 fully saturated rings. The smallest absolute Gasteiger partial charge is 0.382 e. The molecule has 0 aliphatic carbocycles. The normalized spacial score (nSPS) is 18.2. The summed E-state index contributed by atoms with van der Waals surface area (Å²) in [5.41, 5.74) is 1.05. The van der Waals surface area contributed by atoms with Gasteiger partial charge in [-0.1, -0.05) is 65.4 Å². The van der Waals surface area contributed by atoms with Crippen molar-refractivity contribution in [2.75, 3.05) is 6.54 Å². The predicted molar refractivity (Wildman–Crippen MR) is 158 cm³/mol. The van der Waals surface area contributed by atoms with Gasteiger partial charge in [-0.3, -0.25) is 0 Å². The molecule has 8 nitrogen and oxygen atoms in total. The maximum atomic E-state index is 13.4. The molecule has 40 heavy (non-hydrogen) atoms. The van der Waals surface area contributed by atoms with Gasteiger partial charge in [0.05, 0.1) is 0 Å². The minimum atomic E-state index is -3.98. The third-order valence-electron chi connectivity index (χ3n) is 7.06. The fourth-order valence-corrected chi connectivity index (χ4v) is 6.70. The molecule has 0 bridgehead atoms. The van der Waals surface area contributed by atoms with Gasteiger partial charge < -0.3 is 19.1 Å². The molecule has 1 aliphatic heterocycles. The Bertz CT molecular complexity index is 1360. The first-order valence-corrected chi connectivity index (χ1v) is 15.7. The summed E-state index contributed by atoms with van der Waals surface area (Å²) in [5.74, 6) is -0.264. The fraction of sp³-hybridized carbons (Fsp3) is 0.500. The van der Waals surface area contributed by atoms with Crippen LogP contribution in [0.4, 0.5) is 0 Å². The standard InChI is InChI=1S/C30H41NO7S2/c1-8-15-31-40(35,36)38-25-17-23(29(5,6)7)26(16-20(25)4)39-27-24(33)18-30(19(2)3,37-28(27)34)14-13-21-9-11-22(32)12-10-21/h9-12,16-17,19,31-33H,8,13-15,18H2,1-7H3. The molecule has 0 radical (unpaired) electrons. The molecule has 1 atom stereocenters. The number of aromatic hydroxyl groups is 1. The molecule has 3 N–H and O–H groups in total.